The minimum absolute atomic E-state index is 0.0760. The fourth-order valence-electron chi connectivity index (χ4n) is 4.87. The second-order valence-electron chi connectivity index (χ2n) is 10.1. The molecule has 218 valence electrons. The summed E-state index contributed by atoms with van der Waals surface area (Å²) >= 11 is 0. The van der Waals surface area contributed by atoms with Crippen molar-refractivity contribution in [2.24, 2.45) is 5.73 Å². The number of carbonyl (C=O) groups is 1. The molecule has 42 heavy (non-hydrogen) atoms. The maximum Gasteiger partial charge on any atom is 0.416 e. The third kappa shape index (κ3) is 6.91. The molecule has 2 heterocycles. The molecular formula is C31H25F6N3O2. The number of amides is 1. The van der Waals surface area contributed by atoms with Crippen LogP contribution in [0.3, 0.4) is 0 Å². The van der Waals surface area contributed by atoms with Crippen molar-refractivity contribution in [1.29, 1.82) is 0 Å². The number of primary amides is 1. The van der Waals surface area contributed by atoms with Crippen LogP contribution >= 0.6 is 0 Å². The van der Waals surface area contributed by atoms with Crippen LogP contribution in [0.25, 0.3) is 0 Å². The van der Waals surface area contributed by atoms with Gasteiger partial charge in [-0.2, -0.15) is 26.3 Å². The van der Waals surface area contributed by atoms with Crippen molar-refractivity contribution in [3.8, 4) is 11.6 Å². The van der Waals surface area contributed by atoms with Crippen LogP contribution in [0, 0.1) is 0 Å². The molecule has 0 saturated carbocycles. The fraction of sp³-hybridized carbons (Fsp3) is 0.226. The lowest BCUT2D eigenvalue weighted by atomic mass is 9.99. The molecule has 1 aliphatic rings. The number of carbonyl (C=O) groups excluding carboxylic acids is 1. The van der Waals surface area contributed by atoms with E-state index in [1.165, 1.54) is 36.4 Å². The van der Waals surface area contributed by atoms with Gasteiger partial charge >= 0.3 is 12.4 Å². The maximum absolute atomic E-state index is 12.9. The zero-order chi connectivity index (χ0) is 30.1. The minimum atomic E-state index is -4.46. The summed E-state index contributed by atoms with van der Waals surface area (Å²) in [6.07, 6.45) is -8.04. The van der Waals surface area contributed by atoms with Crippen molar-refractivity contribution in [2.75, 3.05) is 6.54 Å². The van der Waals surface area contributed by atoms with Gasteiger partial charge in [-0.1, -0.05) is 30.3 Å². The first-order valence-corrected chi connectivity index (χ1v) is 13.0. The van der Waals surface area contributed by atoms with Gasteiger partial charge in [0, 0.05) is 32.1 Å². The average molecular weight is 586 g/mol. The molecule has 2 N–H and O–H groups in total. The van der Waals surface area contributed by atoms with E-state index >= 15 is 0 Å². The molecule has 0 bridgehead atoms. The third-order valence-corrected chi connectivity index (χ3v) is 7.05. The number of pyridine rings is 1. The van der Waals surface area contributed by atoms with E-state index in [1.54, 1.807) is 6.07 Å². The summed E-state index contributed by atoms with van der Waals surface area (Å²) in [6.45, 7) is 1.85. The van der Waals surface area contributed by atoms with Gasteiger partial charge < -0.3 is 10.5 Å². The summed E-state index contributed by atoms with van der Waals surface area (Å²) in [5.74, 6) is -0.00284. The molecule has 0 fully saturated rings. The molecule has 0 atom stereocenters. The third-order valence-electron chi connectivity index (χ3n) is 7.05. The Morgan fingerprint density at radius 1 is 0.810 bits per heavy atom. The molecule has 1 aromatic heterocycles. The topological polar surface area (TPSA) is 68.5 Å². The first kappa shape index (κ1) is 29.1. The largest absolute Gasteiger partial charge is 0.439 e. The highest BCUT2D eigenvalue weighted by atomic mass is 19.4. The van der Waals surface area contributed by atoms with E-state index in [0.717, 1.165) is 41.0 Å². The number of aromatic nitrogens is 1. The number of hydrogen-bond acceptors (Lipinski definition) is 4. The van der Waals surface area contributed by atoms with Gasteiger partial charge in [0.2, 0.25) is 5.88 Å². The zero-order valence-electron chi connectivity index (χ0n) is 22.1. The van der Waals surface area contributed by atoms with E-state index < -0.39 is 29.4 Å². The van der Waals surface area contributed by atoms with Gasteiger partial charge in [0.05, 0.1) is 22.4 Å². The van der Waals surface area contributed by atoms with Gasteiger partial charge in [0.1, 0.15) is 5.75 Å². The van der Waals surface area contributed by atoms with Gasteiger partial charge in [0.25, 0.3) is 5.91 Å². The summed E-state index contributed by atoms with van der Waals surface area (Å²) < 4.78 is 83.2. The Hall–Kier alpha value is -4.38. The highest BCUT2D eigenvalue weighted by Gasteiger charge is 2.31. The van der Waals surface area contributed by atoms with Crippen LogP contribution in [0.1, 0.15) is 49.4 Å². The minimum Gasteiger partial charge on any atom is -0.439 e. The van der Waals surface area contributed by atoms with E-state index in [0.29, 0.717) is 37.4 Å². The lowest BCUT2D eigenvalue weighted by Gasteiger charge is -2.29. The van der Waals surface area contributed by atoms with Crippen molar-refractivity contribution in [1.82, 2.24) is 9.88 Å². The lowest BCUT2D eigenvalue weighted by Crippen LogP contribution is -2.30. The molecule has 0 radical (unpaired) electrons. The SMILES string of the molecule is NC(=O)c1ccc(Oc2ccc3c(c2)CCN(Cc2ccc(C(F)(F)F)cc2)C3)nc1Cc1ccc(C(F)(F)F)cc1. The van der Waals surface area contributed by atoms with Crippen LogP contribution in [-0.4, -0.2) is 22.3 Å². The van der Waals surface area contributed by atoms with Crippen LogP contribution in [0.4, 0.5) is 26.3 Å². The van der Waals surface area contributed by atoms with Crippen LogP contribution < -0.4 is 10.5 Å². The monoisotopic (exact) mass is 585 g/mol. The molecule has 0 saturated heterocycles. The lowest BCUT2D eigenvalue weighted by molar-refractivity contribution is -0.138. The molecule has 1 aliphatic heterocycles. The predicted molar refractivity (Wildman–Crippen MR) is 143 cm³/mol. The number of nitrogens with two attached hydrogens (primary N) is 1. The molecule has 0 aliphatic carbocycles. The molecule has 0 spiro atoms. The van der Waals surface area contributed by atoms with Gasteiger partial charge in [-0.15, -0.1) is 0 Å². The van der Waals surface area contributed by atoms with E-state index in [4.69, 9.17) is 10.5 Å². The smallest absolute Gasteiger partial charge is 0.416 e. The number of rotatable bonds is 7. The van der Waals surface area contributed by atoms with Gasteiger partial charge in [0.15, 0.2) is 0 Å². The van der Waals surface area contributed by atoms with Crippen molar-refractivity contribution in [3.05, 3.63) is 124 Å². The van der Waals surface area contributed by atoms with Gasteiger partial charge in [-0.05, 0) is 71.1 Å². The van der Waals surface area contributed by atoms with Crippen LogP contribution in [0.2, 0.25) is 0 Å². The first-order valence-electron chi connectivity index (χ1n) is 13.0. The molecule has 4 aromatic rings. The zero-order valence-corrected chi connectivity index (χ0v) is 22.1. The summed E-state index contributed by atoms with van der Waals surface area (Å²) in [7, 11) is 0. The maximum atomic E-state index is 12.9. The fourth-order valence-corrected chi connectivity index (χ4v) is 4.87. The summed E-state index contributed by atoms with van der Waals surface area (Å²) in [5.41, 5.74) is 7.91. The van der Waals surface area contributed by atoms with Crippen molar-refractivity contribution in [3.63, 3.8) is 0 Å². The number of ether oxygens (including phenoxy) is 1. The number of benzene rings is 3. The number of fused-ring (bicyclic) bond motifs is 1. The van der Waals surface area contributed by atoms with Gasteiger partial charge in [-0.25, -0.2) is 4.98 Å². The standard InChI is InChI=1S/C31H25F6N3O2/c32-30(33,34)23-6-1-19(2-7-23)15-27-26(29(38)41)11-12-28(39-27)42-25-10-5-22-18-40(14-13-21(22)16-25)17-20-3-8-24(9-4-20)31(35,36)37/h1-12,16H,13-15,17-18H2,(H2,38,41). The Morgan fingerprint density at radius 2 is 1.43 bits per heavy atom. The van der Waals surface area contributed by atoms with Crippen LogP contribution in [-0.2, 0) is 38.3 Å². The van der Waals surface area contributed by atoms with E-state index in [2.05, 4.69) is 9.88 Å². The highest BCUT2D eigenvalue weighted by molar-refractivity contribution is 5.94. The predicted octanol–water partition coefficient (Wildman–Crippen LogP) is 7.16. The van der Waals surface area contributed by atoms with Crippen molar-refractivity contribution in [2.45, 2.75) is 38.3 Å². The molecule has 0 unspecified atom stereocenters. The Balaban J connectivity index is 1.27. The molecule has 1 amide bonds. The Labute approximate surface area is 237 Å². The Morgan fingerprint density at radius 3 is 2.02 bits per heavy atom. The quantitative estimate of drug-likeness (QED) is 0.234. The summed E-state index contributed by atoms with van der Waals surface area (Å²) in [4.78, 5) is 18.5. The van der Waals surface area contributed by atoms with Gasteiger partial charge in [-0.3, -0.25) is 9.69 Å². The number of hydrogen-bond donors (Lipinski definition) is 1. The Bertz CT molecular complexity index is 1580. The molecule has 5 rings (SSSR count). The van der Waals surface area contributed by atoms with Crippen molar-refractivity contribution < 1.29 is 35.9 Å². The summed E-state index contributed by atoms with van der Waals surface area (Å²) in [5, 5.41) is 0. The Kier molecular flexibility index (Phi) is 7.96. The average Bonchev–Trinajstić information content (AvgIpc) is 2.93. The second-order valence-corrected chi connectivity index (χ2v) is 10.1. The van der Waals surface area contributed by atoms with E-state index in [-0.39, 0.29) is 23.6 Å². The molecular weight excluding hydrogens is 560 g/mol. The number of halogens is 6. The molecule has 5 nitrogen and oxygen atoms in total. The molecule has 11 heteroatoms. The number of alkyl halides is 6. The van der Waals surface area contributed by atoms with Crippen molar-refractivity contribution >= 4 is 5.91 Å². The second kappa shape index (κ2) is 11.5. The summed E-state index contributed by atoms with van der Waals surface area (Å²) in [6, 6.07) is 18.3. The normalized spacial score (nSPS) is 14.0. The first-order chi connectivity index (χ1) is 19.8. The van der Waals surface area contributed by atoms with Crippen LogP contribution in [0.15, 0.2) is 78.9 Å². The van der Waals surface area contributed by atoms with E-state index in [9.17, 15) is 31.1 Å². The van der Waals surface area contributed by atoms with Crippen LogP contribution in [0.5, 0.6) is 11.6 Å². The molecule has 3 aromatic carbocycles. The number of nitrogens with zero attached hydrogens (tertiary/aromatic N) is 2. The van der Waals surface area contributed by atoms with E-state index in [1.807, 2.05) is 12.1 Å². The highest BCUT2D eigenvalue weighted by Crippen LogP contribution is 2.32.